The van der Waals surface area contributed by atoms with E-state index in [2.05, 4.69) is 15.3 Å². The first kappa shape index (κ1) is 15.0. The monoisotopic (exact) mass is 301 g/mol. The molecule has 0 atom stereocenters. The molecule has 0 saturated heterocycles. The van der Waals surface area contributed by atoms with Gasteiger partial charge in [-0.25, -0.2) is 4.98 Å². The van der Waals surface area contributed by atoms with E-state index in [1.165, 1.54) is 12.1 Å². The Morgan fingerprint density at radius 3 is 2.62 bits per heavy atom. The zero-order chi connectivity index (χ0) is 15.5. The van der Waals surface area contributed by atoms with Crippen LogP contribution in [0.2, 0.25) is 0 Å². The first-order valence-electron chi connectivity index (χ1n) is 6.02. The lowest BCUT2D eigenvalue weighted by Crippen LogP contribution is -2.08. The van der Waals surface area contributed by atoms with Gasteiger partial charge in [-0.3, -0.25) is 0 Å². The molecule has 0 fully saturated rings. The predicted molar refractivity (Wildman–Crippen MR) is 67.7 cm³/mol. The maximum absolute atomic E-state index is 13.6. The molecule has 0 saturated carbocycles. The van der Waals surface area contributed by atoms with Crippen molar-refractivity contribution in [2.24, 2.45) is 0 Å². The Morgan fingerprint density at radius 1 is 1.24 bits per heavy atom. The number of anilines is 1. The molecule has 2 rings (SSSR count). The van der Waals surface area contributed by atoms with E-state index in [-0.39, 0.29) is 5.95 Å². The lowest BCUT2D eigenvalue weighted by molar-refractivity contribution is -0.138. The topological polar surface area (TPSA) is 47.0 Å². The quantitative estimate of drug-likeness (QED) is 0.871. The molecule has 1 heterocycles. The number of hydrogen-bond donors (Lipinski definition) is 1. The second-order valence-electron chi connectivity index (χ2n) is 3.97. The highest BCUT2D eigenvalue weighted by atomic mass is 19.4. The minimum atomic E-state index is -4.61. The van der Waals surface area contributed by atoms with Crippen LogP contribution in [0, 0.1) is 5.82 Å². The summed E-state index contributed by atoms with van der Waals surface area (Å²) in [4.78, 5) is 7.34. The Kier molecular flexibility index (Phi) is 4.25. The summed E-state index contributed by atoms with van der Waals surface area (Å²) in [5, 5.41) is 2.71. The van der Waals surface area contributed by atoms with Crippen LogP contribution in [-0.2, 0) is 6.18 Å². The van der Waals surface area contributed by atoms with E-state index in [0.29, 0.717) is 6.54 Å². The van der Waals surface area contributed by atoms with Crippen molar-refractivity contribution in [3.8, 4) is 11.6 Å². The maximum Gasteiger partial charge on any atom is 0.419 e. The molecule has 0 radical (unpaired) electrons. The highest BCUT2D eigenvalue weighted by Gasteiger charge is 2.34. The molecule has 4 nitrogen and oxygen atoms in total. The Labute approximate surface area is 117 Å². The molecule has 8 heteroatoms. The number of ether oxygens (including phenoxy) is 1. The van der Waals surface area contributed by atoms with Gasteiger partial charge >= 0.3 is 6.18 Å². The van der Waals surface area contributed by atoms with Crippen molar-refractivity contribution >= 4 is 5.95 Å². The lowest BCUT2D eigenvalue weighted by Gasteiger charge is -2.13. The Morgan fingerprint density at radius 2 is 1.95 bits per heavy atom. The number of alkyl halides is 3. The van der Waals surface area contributed by atoms with Crippen molar-refractivity contribution in [2.75, 3.05) is 11.9 Å². The van der Waals surface area contributed by atoms with Gasteiger partial charge in [0.2, 0.25) is 11.8 Å². The summed E-state index contributed by atoms with van der Waals surface area (Å²) < 4.78 is 57.0. The van der Waals surface area contributed by atoms with E-state index in [1.54, 1.807) is 6.92 Å². The molecule has 112 valence electrons. The number of aromatic nitrogens is 2. The van der Waals surface area contributed by atoms with Gasteiger partial charge in [-0.2, -0.15) is 22.5 Å². The van der Waals surface area contributed by atoms with Crippen molar-refractivity contribution in [3.05, 3.63) is 41.8 Å². The highest BCUT2D eigenvalue weighted by molar-refractivity contribution is 5.39. The van der Waals surface area contributed by atoms with E-state index in [1.807, 2.05) is 0 Å². The molecule has 0 aliphatic heterocycles. The number of benzene rings is 1. The molecule has 21 heavy (non-hydrogen) atoms. The van der Waals surface area contributed by atoms with Crippen LogP contribution in [-0.4, -0.2) is 16.5 Å². The van der Waals surface area contributed by atoms with E-state index >= 15 is 0 Å². The fraction of sp³-hybridized carbons (Fsp3) is 0.231. The second kappa shape index (κ2) is 5.94. The Bertz CT molecular complexity index is 631. The SMILES string of the molecule is CCNc1ncc(F)c(Oc2ccccc2C(F)(F)F)n1. The third-order valence-electron chi connectivity index (χ3n) is 2.45. The smallest absolute Gasteiger partial charge is 0.419 e. The zero-order valence-corrected chi connectivity index (χ0v) is 10.9. The summed E-state index contributed by atoms with van der Waals surface area (Å²) in [7, 11) is 0. The van der Waals surface area contributed by atoms with E-state index in [0.717, 1.165) is 18.3 Å². The number of rotatable bonds is 4. The molecule has 2 aromatic rings. The average molecular weight is 301 g/mol. The van der Waals surface area contributed by atoms with Gasteiger partial charge in [0.1, 0.15) is 5.75 Å². The van der Waals surface area contributed by atoms with Crippen molar-refractivity contribution in [1.29, 1.82) is 0 Å². The average Bonchev–Trinajstić information content (AvgIpc) is 2.42. The molecule has 0 aliphatic carbocycles. The van der Waals surface area contributed by atoms with Crippen LogP contribution in [0.25, 0.3) is 0 Å². The minimum Gasteiger partial charge on any atom is -0.436 e. The van der Waals surface area contributed by atoms with E-state index in [4.69, 9.17) is 4.74 Å². The largest absolute Gasteiger partial charge is 0.436 e. The van der Waals surface area contributed by atoms with E-state index in [9.17, 15) is 17.6 Å². The van der Waals surface area contributed by atoms with Gasteiger partial charge in [0.15, 0.2) is 0 Å². The molecule has 0 bridgehead atoms. The maximum atomic E-state index is 13.6. The highest BCUT2D eigenvalue weighted by Crippen LogP contribution is 2.37. The first-order valence-corrected chi connectivity index (χ1v) is 6.02. The van der Waals surface area contributed by atoms with Gasteiger partial charge in [0.25, 0.3) is 5.88 Å². The number of nitrogens with zero attached hydrogens (tertiary/aromatic N) is 2. The molecule has 0 spiro atoms. The van der Waals surface area contributed by atoms with Crippen molar-refractivity contribution in [1.82, 2.24) is 9.97 Å². The molecular formula is C13H11F4N3O. The van der Waals surface area contributed by atoms with Crippen LogP contribution in [0.15, 0.2) is 30.5 Å². The fourth-order valence-electron chi connectivity index (χ4n) is 1.56. The van der Waals surface area contributed by atoms with Crippen molar-refractivity contribution < 1.29 is 22.3 Å². The Hall–Kier alpha value is -2.38. The van der Waals surface area contributed by atoms with Crippen LogP contribution < -0.4 is 10.1 Å². The summed E-state index contributed by atoms with van der Waals surface area (Å²) in [6.07, 6.45) is -3.78. The normalized spacial score (nSPS) is 11.3. The van der Waals surface area contributed by atoms with Gasteiger partial charge < -0.3 is 10.1 Å². The van der Waals surface area contributed by atoms with Crippen LogP contribution in [0.1, 0.15) is 12.5 Å². The summed E-state index contributed by atoms with van der Waals surface area (Å²) in [6, 6.07) is 4.52. The summed E-state index contributed by atoms with van der Waals surface area (Å²) >= 11 is 0. The van der Waals surface area contributed by atoms with Gasteiger partial charge in [-0.1, -0.05) is 12.1 Å². The third-order valence-corrected chi connectivity index (χ3v) is 2.45. The summed E-state index contributed by atoms with van der Waals surface area (Å²) in [5.41, 5.74) is -1.01. The molecule has 1 aromatic carbocycles. The van der Waals surface area contributed by atoms with E-state index < -0.39 is 29.2 Å². The number of nitrogens with one attached hydrogen (secondary N) is 1. The molecule has 1 aromatic heterocycles. The van der Waals surface area contributed by atoms with Gasteiger partial charge in [-0.05, 0) is 19.1 Å². The van der Waals surface area contributed by atoms with Gasteiger partial charge in [-0.15, -0.1) is 0 Å². The minimum absolute atomic E-state index is 0.0680. The van der Waals surface area contributed by atoms with Gasteiger partial charge in [0.05, 0.1) is 11.8 Å². The second-order valence-corrected chi connectivity index (χ2v) is 3.97. The molecule has 0 aliphatic rings. The standard InChI is InChI=1S/C13H11F4N3O/c1-2-18-12-19-7-9(14)11(20-12)21-10-6-4-3-5-8(10)13(15,16)17/h3-7H,2H2,1H3,(H,18,19,20). The van der Waals surface area contributed by atoms with Crippen LogP contribution >= 0.6 is 0 Å². The molecule has 1 N–H and O–H groups in total. The lowest BCUT2D eigenvalue weighted by atomic mass is 10.2. The predicted octanol–water partition coefficient (Wildman–Crippen LogP) is 3.86. The number of hydrogen-bond acceptors (Lipinski definition) is 4. The van der Waals surface area contributed by atoms with Crippen molar-refractivity contribution in [3.63, 3.8) is 0 Å². The summed E-state index contributed by atoms with van der Waals surface area (Å²) in [5.74, 6) is -1.98. The first-order chi connectivity index (χ1) is 9.91. The third kappa shape index (κ3) is 3.59. The van der Waals surface area contributed by atoms with Gasteiger partial charge in [0, 0.05) is 6.54 Å². The number of halogens is 4. The molecule has 0 unspecified atom stereocenters. The number of para-hydroxylation sites is 1. The molecule has 0 amide bonds. The molecular weight excluding hydrogens is 290 g/mol. The Balaban J connectivity index is 2.36. The fourth-order valence-corrected chi connectivity index (χ4v) is 1.56. The van der Waals surface area contributed by atoms with Crippen LogP contribution in [0.5, 0.6) is 11.6 Å². The van der Waals surface area contributed by atoms with Crippen LogP contribution in [0.4, 0.5) is 23.5 Å². The van der Waals surface area contributed by atoms with Crippen LogP contribution in [0.3, 0.4) is 0 Å². The van der Waals surface area contributed by atoms with Crippen molar-refractivity contribution in [2.45, 2.75) is 13.1 Å². The summed E-state index contributed by atoms with van der Waals surface area (Å²) in [6.45, 7) is 2.25. The zero-order valence-electron chi connectivity index (χ0n) is 10.9.